The zero-order chi connectivity index (χ0) is 15.9. The Balaban J connectivity index is 1.75. The number of aliphatic hydroxyl groups is 1. The highest BCUT2D eigenvalue weighted by Crippen LogP contribution is 2.18. The topological polar surface area (TPSA) is 51.2 Å². The van der Waals surface area contributed by atoms with Crippen LogP contribution in [-0.4, -0.2) is 61.2 Å². The van der Waals surface area contributed by atoms with Crippen molar-refractivity contribution < 1.29 is 19.3 Å². The Kier molecular flexibility index (Phi) is 6.49. The summed E-state index contributed by atoms with van der Waals surface area (Å²) in [6.07, 6.45) is -0.297. The number of morpholine rings is 1. The van der Waals surface area contributed by atoms with Gasteiger partial charge >= 0.3 is 0 Å². The van der Waals surface area contributed by atoms with Crippen molar-refractivity contribution in [3.05, 3.63) is 24.3 Å². The number of nitrogens with zero attached hydrogens (tertiary/aromatic N) is 1. The van der Waals surface area contributed by atoms with Gasteiger partial charge in [0.25, 0.3) is 0 Å². The van der Waals surface area contributed by atoms with Gasteiger partial charge in [-0.3, -0.25) is 4.90 Å². The van der Waals surface area contributed by atoms with Crippen LogP contribution in [0.1, 0.15) is 20.8 Å². The molecule has 2 rings (SSSR count). The molecule has 0 aromatic heterocycles. The average Bonchev–Trinajstić information content (AvgIpc) is 2.51. The van der Waals surface area contributed by atoms with Gasteiger partial charge in [0.05, 0.1) is 19.3 Å². The van der Waals surface area contributed by atoms with Crippen molar-refractivity contribution in [2.75, 3.05) is 32.9 Å². The minimum atomic E-state index is -0.515. The third kappa shape index (κ3) is 5.16. The molecule has 0 unspecified atom stereocenters. The lowest BCUT2D eigenvalue weighted by Crippen LogP contribution is -2.50. The lowest BCUT2D eigenvalue weighted by Gasteiger charge is -2.37. The standard InChI is InChI=1S/C17H27NO4/c1-4-20-16-5-7-17(8-6-16)22-12-15(19)10-18-9-14(3)21-11-13(18)2/h5-8,13-15,19H,4,9-12H2,1-3H3/t13-,14-,15-/m1/s1. The zero-order valence-corrected chi connectivity index (χ0v) is 13.7. The summed E-state index contributed by atoms with van der Waals surface area (Å²) in [7, 11) is 0. The number of ether oxygens (including phenoxy) is 3. The van der Waals surface area contributed by atoms with Crippen LogP contribution in [-0.2, 0) is 4.74 Å². The van der Waals surface area contributed by atoms with Crippen LogP contribution in [0, 0.1) is 0 Å². The summed E-state index contributed by atoms with van der Waals surface area (Å²) in [6, 6.07) is 7.79. The maximum Gasteiger partial charge on any atom is 0.119 e. The molecule has 0 saturated carbocycles. The van der Waals surface area contributed by atoms with Gasteiger partial charge in [0.15, 0.2) is 0 Å². The van der Waals surface area contributed by atoms with E-state index < -0.39 is 6.10 Å². The molecule has 1 saturated heterocycles. The Morgan fingerprint density at radius 1 is 1.23 bits per heavy atom. The summed E-state index contributed by atoms with van der Waals surface area (Å²) >= 11 is 0. The number of β-amino-alcohol motifs (C(OH)–C–C–N with tert-alkyl or cyclic N) is 1. The molecule has 1 fully saturated rings. The van der Waals surface area contributed by atoms with Crippen LogP contribution < -0.4 is 9.47 Å². The monoisotopic (exact) mass is 309 g/mol. The van der Waals surface area contributed by atoms with Crippen LogP contribution >= 0.6 is 0 Å². The van der Waals surface area contributed by atoms with E-state index in [4.69, 9.17) is 14.2 Å². The van der Waals surface area contributed by atoms with Gasteiger partial charge in [0.1, 0.15) is 24.2 Å². The molecule has 1 aliphatic rings. The number of aliphatic hydroxyl groups excluding tert-OH is 1. The fourth-order valence-corrected chi connectivity index (χ4v) is 2.54. The summed E-state index contributed by atoms with van der Waals surface area (Å²) in [4.78, 5) is 2.25. The van der Waals surface area contributed by atoms with E-state index in [2.05, 4.69) is 18.7 Å². The van der Waals surface area contributed by atoms with Gasteiger partial charge < -0.3 is 19.3 Å². The molecule has 1 aromatic rings. The normalized spacial score (nSPS) is 24.0. The van der Waals surface area contributed by atoms with Crippen LogP contribution in [0.4, 0.5) is 0 Å². The van der Waals surface area contributed by atoms with Crippen molar-refractivity contribution in [1.29, 1.82) is 0 Å². The summed E-state index contributed by atoms with van der Waals surface area (Å²) in [5.74, 6) is 1.57. The Hall–Kier alpha value is -1.30. The van der Waals surface area contributed by atoms with Gasteiger partial charge in [-0.2, -0.15) is 0 Å². The first-order valence-corrected chi connectivity index (χ1v) is 7.97. The SMILES string of the molecule is CCOc1ccc(OC[C@H](O)CN2C[C@@H](C)OC[C@H]2C)cc1. The molecule has 124 valence electrons. The van der Waals surface area contributed by atoms with Crippen LogP contribution in [0.5, 0.6) is 11.5 Å². The highest BCUT2D eigenvalue weighted by molar-refractivity contribution is 5.31. The fourth-order valence-electron chi connectivity index (χ4n) is 2.54. The van der Waals surface area contributed by atoms with E-state index in [1.165, 1.54) is 0 Å². The second kappa shape index (κ2) is 8.36. The molecular weight excluding hydrogens is 282 g/mol. The molecule has 1 heterocycles. The molecule has 5 heteroatoms. The van der Waals surface area contributed by atoms with Crippen molar-refractivity contribution in [3.8, 4) is 11.5 Å². The average molecular weight is 309 g/mol. The van der Waals surface area contributed by atoms with Crippen LogP contribution in [0.25, 0.3) is 0 Å². The number of benzene rings is 1. The first kappa shape index (κ1) is 17.1. The molecular formula is C17H27NO4. The predicted octanol–water partition coefficient (Wildman–Crippen LogP) is 1.93. The lowest BCUT2D eigenvalue weighted by molar-refractivity contribution is -0.0650. The lowest BCUT2D eigenvalue weighted by atomic mass is 10.2. The van der Waals surface area contributed by atoms with Crippen molar-refractivity contribution in [3.63, 3.8) is 0 Å². The fraction of sp³-hybridized carbons (Fsp3) is 0.647. The maximum absolute atomic E-state index is 10.2. The van der Waals surface area contributed by atoms with E-state index in [1.807, 2.05) is 31.2 Å². The largest absolute Gasteiger partial charge is 0.494 e. The number of rotatable bonds is 7. The first-order chi connectivity index (χ1) is 10.6. The minimum Gasteiger partial charge on any atom is -0.494 e. The Bertz CT molecular complexity index is 437. The van der Waals surface area contributed by atoms with Crippen molar-refractivity contribution >= 4 is 0 Å². The molecule has 0 aliphatic carbocycles. The van der Waals surface area contributed by atoms with E-state index >= 15 is 0 Å². The maximum atomic E-state index is 10.2. The van der Waals surface area contributed by atoms with E-state index in [9.17, 15) is 5.11 Å². The van der Waals surface area contributed by atoms with E-state index in [0.29, 0.717) is 25.8 Å². The van der Waals surface area contributed by atoms with Gasteiger partial charge in [-0.1, -0.05) is 0 Å². The minimum absolute atomic E-state index is 0.218. The molecule has 3 atom stereocenters. The quantitative estimate of drug-likeness (QED) is 0.834. The Morgan fingerprint density at radius 2 is 1.86 bits per heavy atom. The van der Waals surface area contributed by atoms with E-state index in [0.717, 1.165) is 18.0 Å². The molecule has 1 aromatic carbocycles. The van der Waals surface area contributed by atoms with E-state index in [1.54, 1.807) is 0 Å². The highest BCUT2D eigenvalue weighted by atomic mass is 16.5. The number of hydrogen-bond acceptors (Lipinski definition) is 5. The summed E-state index contributed by atoms with van der Waals surface area (Å²) in [6.45, 7) is 9.23. The van der Waals surface area contributed by atoms with Crippen molar-refractivity contribution in [2.45, 2.75) is 39.0 Å². The molecule has 0 spiro atoms. The smallest absolute Gasteiger partial charge is 0.119 e. The summed E-state index contributed by atoms with van der Waals surface area (Å²) < 4.78 is 16.6. The molecule has 0 bridgehead atoms. The summed E-state index contributed by atoms with van der Waals surface area (Å²) in [5, 5.41) is 10.2. The van der Waals surface area contributed by atoms with Crippen LogP contribution in [0.15, 0.2) is 24.3 Å². The Labute approximate surface area is 132 Å². The molecule has 1 aliphatic heterocycles. The van der Waals surface area contributed by atoms with Gasteiger partial charge in [-0.05, 0) is 45.0 Å². The predicted molar refractivity (Wildman–Crippen MR) is 85.6 cm³/mol. The highest BCUT2D eigenvalue weighted by Gasteiger charge is 2.25. The second-order valence-electron chi connectivity index (χ2n) is 5.82. The van der Waals surface area contributed by atoms with Crippen molar-refractivity contribution in [1.82, 2.24) is 4.90 Å². The van der Waals surface area contributed by atoms with Crippen LogP contribution in [0.3, 0.4) is 0 Å². The second-order valence-corrected chi connectivity index (χ2v) is 5.82. The summed E-state index contributed by atoms with van der Waals surface area (Å²) in [5.41, 5.74) is 0. The van der Waals surface area contributed by atoms with Gasteiger partial charge in [0.2, 0.25) is 0 Å². The third-order valence-corrected chi connectivity index (χ3v) is 3.76. The molecule has 5 nitrogen and oxygen atoms in total. The molecule has 22 heavy (non-hydrogen) atoms. The van der Waals surface area contributed by atoms with Gasteiger partial charge in [-0.15, -0.1) is 0 Å². The van der Waals surface area contributed by atoms with Crippen molar-refractivity contribution in [2.24, 2.45) is 0 Å². The molecule has 0 radical (unpaired) electrons. The molecule has 1 N–H and O–H groups in total. The molecule has 0 amide bonds. The van der Waals surface area contributed by atoms with E-state index in [-0.39, 0.29) is 12.7 Å². The number of hydrogen-bond donors (Lipinski definition) is 1. The first-order valence-electron chi connectivity index (χ1n) is 7.97. The Morgan fingerprint density at radius 3 is 2.50 bits per heavy atom. The van der Waals surface area contributed by atoms with Gasteiger partial charge in [0, 0.05) is 19.1 Å². The third-order valence-electron chi connectivity index (χ3n) is 3.76. The zero-order valence-electron chi connectivity index (χ0n) is 13.7. The van der Waals surface area contributed by atoms with Gasteiger partial charge in [-0.25, -0.2) is 0 Å². The van der Waals surface area contributed by atoms with Crippen LogP contribution in [0.2, 0.25) is 0 Å².